The lowest BCUT2D eigenvalue weighted by Crippen LogP contribution is -2.40. The zero-order chi connectivity index (χ0) is 18.2. The van der Waals surface area contributed by atoms with Crippen molar-refractivity contribution in [3.8, 4) is 9.88 Å². The summed E-state index contributed by atoms with van der Waals surface area (Å²) in [5, 5.41) is 6.94. The van der Waals surface area contributed by atoms with Crippen molar-refractivity contribution >= 4 is 40.5 Å². The van der Waals surface area contributed by atoms with E-state index in [2.05, 4.69) is 10.3 Å². The second-order valence-corrected chi connectivity index (χ2v) is 7.00. The van der Waals surface area contributed by atoms with Gasteiger partial charge in [-0.05, 0) is 17.9 Å². The van der Waals surface area contributed by atoms with E-state index in [1.807, 2.05) is 24.4 Å². The highest BCUT2D eigenvalue weighted by atomic mass is 32.1. The van der Waals surface area contributed by atoms with Crippen LogP contribution in [-0.2, 0) is 14.3 Å². The molecule has 25 heavy (non-hydrogen) atoms. The van der Waals surface area contributed by atoms with E-state index in [0.29, 0.717) is 6.54 Å². The predicted octanol–water partition coefficient (Wildman–Crippen LogP) is 2.01. The Morgan fingerprint density at radius 2 is 2.12 bits per heavy atom. The third-order valence-electron chi connectivity index (χ3n) is 3.15. The average molecular weight is 381 g/mol. The summed E-state index contributed by atoms with van der Waals surface area (Å²) >= 11 is 2.87. The zero-order valence-electron chi connectivity index (χ0n) is 14.0. The second-order valence-electron chi connectivity index (χ2n) is 5.19. The highest BCUT2D eigenvalue weighted by Crippen LogP contribution is 2.27. The molecule has 2 aromatic heterocycles. The molecule has 0 aliphatic carbocycles. The fraction of sp³-hybridized carbons (Fsp3) is 0.375. The Kier molecular flexibility index (Phi) is 7.08. The lowest BCUT2D eigenvalue weighted by Gasteiger charge is -2.16. The highest BCUT2D eigenvalue weighted by Gasteiger charge is 2.18. The van der Waals surface area contributed by atoms with Gasteiger partial charge < -0.3 is 15.0 Å². The monoisotopic (exact) mass is 381 g/mol. The molecule has 0 aliphatic heterocycles. The van der Waals surface area contributed by atoms with Crippen molar-refractivity contribution in [2.75, 3.05) is 26.7 Å². The third-order valence-corrected chi connectivity index (χ3v) is 5.03. The van der Waals surface area contributed by atoms with Gasteiger partial charge in [0, 0.05) is 19.0 Å². The van der Waals surface area contributed by atoms with E-state index < -0.39 is 18.5 Å². The molecule has 7 nitrogen and oxygen atoms in total. The topological polar surface area (TPSA) is 88.6 Å². The fourth-order valence-corrected chi connectivity index (χ4v) is 3.42. The van der Waals surface area contributed by atoms with Gasteiger partial charge in [0.1, 0.15) is 5.01 Å². The van der Waals surface area contributed by atoms with E-state index in [0.717, 1.165) is 16.3 Å². The lowest BCUT2D eigenvalue weighted by atomic mass is 10.4. The Balaban J connectivity index is 1.81. The molecule has 0 radical (unpaired) electrons. The van der Waals surface area contributed by atoms with E-state index in [1.54, 1.807) is 5.38 Å². The lowest BCUT2D eigenvalue weighted by molar-refractivity contribution is -0.137. The van der Waals surface area contributed by atoms with Crippen LogP contribution < -0.4 is 5.32 Å². The maximum Gasteiger partial charge on any atom is 0.358 e. The summed E-state index contributed by atoms with van der Waals surface area (Å²) in [6.07, 6.45) is 0.822. The van der Waals surface area contributed by atoms with Crippen molar-refractivity contribution in [3.63, 3.8) is 0 Å². The largest absolute Gasteiger partial charge is 0.451 e. The van der Waals surface area contributed by atoms with Crippen molar-refractivity contribution in [3.05, 3.63) is 28.6 Å². The molecule has 2 rings (SSSR count). The van der Waals surface area contributed by atoms with Gasteiger partial charge in [0.15, 0.2) is 12.3 Å². The summed E-state index contributed by atoms with van der Waals surface area (Å²) in [7, 11) is 1.49. The van der Waals surface area contributed by atoms with Crippen molar-refractivity contribution in [2.45, 2.75) is 13.3 Å². The Morgan fingerprint density at radius 3 is 2.80 bits per heavy atom. The normalized spacial score (nSPS) is 10.3. The Bertz CT molecular complexity index is 728. The molecule has 0 aromatic carbocycles. The van der Waals surface area contributed by atoms with Gasteiger partial charge in [-0.25, -0.2) is 9.78 Å². The summed E-state index contributed by atoms with van der Waals surface area (Å²) in [6, 6.07) is 3.82. The molecule has 0 fully saturated rings. The van der Waals surface area contributed by atoms with Gasteiger partial charge in [-0.2, -0.15) is 0 Å². The molecule has 0 saturated carbocycles. The summed E-state index contributed by atoms with van der Waals surface area (Å²) in [5.74, 6) is -1.35. The van der Waals surface area contributed by atoms with Gasteiger partial charge in [0.05, 0.1) is 11.4 Å². The van der Waals surface area contributed by atoms with Crippen LogP contribution in [0.3, 0.4) is 0 Å². The van der Waals surface area contributed by atoms with E-state index in [4.69, 9.17) is 4.74 Å². The quantitative estimate of drug-likeness (QED) is 0.707. The van der Waals surface area contributed by atoms with Crippen molar-refractivity contribution in [1.82, 2.24) is 15.2 Å². The van der Waals surface area contributed by atoms with Gasteiger partial charge in [0.2, 0.25) is 5.91 Å². The molecule has 2 aromatic rings. The number of carbonyl (C=O) groups is 3. The van der Waals surface area contributed by atoms with Gasteiger partial charge in [-0.15, -0.1) is 22.7 Å². The Hall–Kier alpha value is -2.26. The first-order valence-electron chi connectivity index (χ1n) is 7.68. The third kappa shape index (κ3) is 5.64. The standard InChI is InChI=1S/C16H19N3O4S2/c1-3-6-17-13(20)8-19(2)14(21)9-23-16(22)11-10-25-15(18-11)12-5-4-7-24-12/h4-5,7,10H,3,6,8-9H2,1-2H3,(H,17,20). The van der Waals surface area contributed by atoms with E-state index in [9.17, 15) is 14.4 Å². The Labute approximate surface area is 153 Å². The van der Waals surface area contributed by atoms with Crippen LogP contribution in [0.1, 0.15) is 23.8 Å². The maximum atomic E-state index is 12.0. The van der Waals surface area contributed by atoms with Gasteiger partial charge in [-0.3, -0.25) is 9.59 Å². The number of aromatic nitrogens is 1. The van der Waals surface area contributed by atoms with Crippen LogP contribution in [-0.4, -0.2) is 54.4 Å². The zero-order valence-corrected chi connectivity index (χ0v) is 15.6. The number of hydrogen-bond donors (Lipinski definition) is 1. The predicted molar refractivity (Wildman–Crippen MR) is 96.6 cm³/mol. The van der Waals surface area contributed by atoms with Crippen LogP contribution >= 0.6 is 22.7 Å². The number of rotatable bonds is 8. The van der Waals surface area contributed by atoms with Crippen LogP contribution in [0.2, 0.25) is 0 Å². The number of esters is 1. The molecule has 9 heteroatoms. The average Bonchev–Trinajstić information content (AvgIpc) is 3.27. The number of likely N-dealkylation sites (N-methyl/N-ethyl adjacent to an activating group) is 1. The Morgan fingerprint density at radius 1 is 1.32 bits per heavy atom. The molecule has 0 bridgehead atoms. The van der Waals surface area contributed by atoms with Crippen LogP contribution in [0, 0.1) is 0 Å². The van der Waals surface area contributed by atoms with Crippen molar-refractivity contribution in [1.29, 1.82) is 0 Å². The molecule has 0 unspecified atom stereocenters. The SMILES string of the molecule is CCCNC(=O)CN(C)C(=O)COC(=O)c1csc(-c2cccs2)n1. The molecular formula is C16H19N3O4S2. The minimum atomic E-state index is -0.656. The molecule has 134 valence electrons. The summed E-state index contributed by atoms with van der Waals surface area (Å²) in [6.45, 7) is 2.00. The smallest absolute Gasteiger partial charge is 0.358 e. The molecule has 0 spiro atoms. The highest BCUT2D eigenvalue weighted by molar-refractivity contribution is 7.20. The number of hydrogen-bond acceptors (Lipinski definition) is 7. The summed E-state index contributed by atoms with van der Waals surface area (Å²) in [5.41, 5.74) is 0.171. The molecular weight excluding hydrogens is 362 g/mol. The number of carbonyl (C=O) groups excluding carboxylic acids is 3. The fourth-order valence-electron chi connectivity index (χ4n) is 1.82. The van der Waals surface area contributed by atoms with E-state index in [1.165, 1.54) is 34.6 Å². The van der Waals surface area contributed by atoms with Crippen LogP contribution in [0.5, 0.6) is 0 Å². The minimum Gasteiger partial charge on any atom is -0.451 e. The number of thiophene rings is 1. The van der Waals surface area contributed by atoms with E-state index >= 15 is 0 Å². The maximum absolute atomic E-state index is 12.0. The number of amides is 2. The van der Waals surface area contributed by atoms with Crippen LogP contribution in [0.15, 0.2) is 22.9 Å². The van der Waals surface area contributed by atoms with E-state index in [-0.39, 0.29) is 18.1 Å². The molecule has 1 N–H and O–H groups in total. The number of nitrogens with one attached hydrogen (secondary N) is 1. The number of nitrogens with zero attached hydrogens (tertiary/aromatic N) is 2. The van der Waals surface area contributed by atoms with Crippen molar-refractivity contribution < 1.29 is 19.1 Å². The molecule has 0 atom stereocenters. The van der Waals surface area contributed by atoms with Crippen molar-refractivity contribution in [2.24, 2.45) is 0 Å². The molecule has 2 heterocycles. The van der Waals surface area contributed by atoms with Gasteiger partial charge in [-0.1, -0.05) is 13.0 Å². The summed E-state index contributed by atoms with van der Waals surface area (Å²) < 4.78 is 4.99. The van der Waals surface area contributed by atoms with Crippen LogP contribution in [0.25, 0.3) is 9.88 Å². The van der Waals surface area contributed by atoms with Gasteiger partial charge >= 0.3 is 5.97 Å². The van der Waals surface area contributed by atoms with Crippen LogP contribution in [0.4, 0.5) is 0 Å². The molecule has 0 saturated heterocycles. The second kappa shape index (κ2) is 9.28. The first-order valence-corrected chi connectivity index (χ1v) is 9.44. The molecule has 0 aliphatic rings. The first kappa shape index (κ1) is 19.1. The number of thiazole rings is 1. The first-order chi connectivity index (χ1) is 12.0. The molecule has 2 amide bonds. The van der Waals surface area contributed by atoms with Gasteiger partial charge in [0.25, 0.3) is 5.91 Å². The summed E-state index contributed by atoms with van der Waals surface area (Å²) in [4.78, 5) is 41.9. The minimum absolute atomic E-state index is 0.0738. The number of ether oxygens (including phenoxy) is 1.